The number of nitrogens with one attached hydrogen (secondary N) is 1. The maximum Gasteiger partial charge on any atom is 0.328 e. The Labute approximate surface area is 263 Å². The first kappa shape index (κ1) is 30.2. The lowest BCUT2D eigenvalue weighted by Crippen LogP contribution is -2.43. The zero-order valence-corrected chi connectivity index (χ0v) is 26.6. The van der Waals surface area contributed by atoms with E-state index < -0.39 is 44.4 Å². The SMILES string of the molecule is C[P@@]1(=O)OC[C@H]2C[C@@H](n3cnc4c(N)ncnc43)[C@@H]2COP(O)(=S)OC[C@H]2O[C@@H](n3cnc4c(=O)n5ccnc5[nH]c43)[C@H](O1)[C@@H]2O. The number of fused-ring (bicyclic) bond motifs is 6. The van der Waals surface area contributed by atoms with Gasteiger partial charge >= 0.3 is 14.3 Å². The van der Waals surface area contributed by atoms with Crippen molar-refractivity contribution in [3.63, 3.8) is 0 Å². The van der Waals surface area contributed by atoms with Gasteiger partial charge in [-0.15, -0.1) is 0 Å². The number of aromatic amines is 1. The van der Waals surface area contributed by atoms with Crippen LogP contribution < -0.4 is 11.3 Å². The summed E-state index contributed by atoms with van der Waals surface area (Å²) in [5.74, 6) is 0.0405. The van der Waals surface area contributed by atoms with Crippen LogP contribution in [0.4, 0.5) is 5.82 Å². The van der Waals surface area contributed by atoms with E-state index in [4.69, 9.17) is 40.4 Å². The molecule has 7 heterocycles. The third-order valence-corrected chi connectivity index (χ3v) is 11.6. The molecule has 1 saturated carbocycles. The van der Waals surface area contributed by atoms with Crippen molar-refractivity contribution in [1.29, 1.82) is 0 Å². The van der Waals surface area contributed by atoms with E-state index in [1.165, 1.54) is 40.7 Å². The summed E-state index contributed by atoms with van der Waals surface area (Å²) in [6.07, 6.45) is 2.89. The first-order valence-electron chi connectivity index (χ1n) is 14.2. The third-order valence-electron chi connectivity index (χ3n) is 8.73. The van der Waals surface area contributed by atoms with Gasteiger partial charge in [0.15, 0.2) is 23.2 Å². The van der Waals surface area contributed by atoms with Crippen molar-refractivity contribution in [3.05, 3.63) is 41.7 Å². The van der Waals surface area contributed by atoms with Crippen LogP contribution in [0.2, 0.25) is 0 Å². The second kappa shape index (κ2) is 10.9. The van der Waals surface area contributed by atoms with E-state index in [0.717, 1.165) is 0 Å². The van der Waals surface area contributed by atoms with Crippen LogP contribution in [0, 0.1) is 11.8 Å². The molecule has 8 rings (SSSR count). The number of nitrogens with zero attached hydrogens (tertiary/aromatic N) is 8. The van der Waals surface area contributed by atoms with Crippen molar-refractivity contribution >= 4 is 60.0 Å². The maximum atomic E-state index is 13.8. The third kappa shape index (κ3) is 5.00. The number of aliphatic hydroxyl groups excluding tert-OH is 1. The van der Waals surface area contributed by atoms with E-state index in [2.05, 4.69) is 29.9 Å². The lowest BCUT2D eigenvalue weighted by molar-refractivity contribution is -0.0477. The Morgan fingerprint density at radius 2 is 1.85 bits per heavy atom. The average Bonchev–Trinajstić information content (AvgIpc) is 3.79. The Kier molecular flexibility index (Phi) is 7.19. The first-order chi connectivity index (χ1) is 22.0. The highest BCUT2D eigenvalue weighted by atomic mass is 32.5. The Balaban J connectivity index is 1.10. The maximum absolute atomic E-state index is 13.8. The fourth-order valence-corrected chi connectivity index (χ4v) is 8.65. The second-order valence-electron chi connectivity index (χ2n) is 11.5. The van der Waals surface area contributed by atoms with E-state index in [-0.39, 0.29) is 60.5 Å². The van der Waals surface area contributed by atoms with Crippen molar-refractivity contribution in [2.45, 2.75) is 37.0 Å². The van der Waals surface area contributed by atoms with Gasteiger partial charge in [-0.3, -0.25) is 18.5 Å². The summed E-state index contributed by atoms with van der Waals surface area (Å²) in [6.45, 7) is -2.90. The summed E-state index contributed by atoms with van der Waals surface area (Å²) in [4.78, 5) is 48.0. The fraction of sp³-hybridized carbons (Fsp3) is 0.500. The van der Waals surface area contributed by atoms with Gasteiger partial charge in [0, 0.05) is 31.0 Å². The molecule has 46 heavy (non-hydrogen) atoms. The highest BCUT2D eigenvalue weighted by Crippen LogP contribution is 2.55. The van der Waals surface area contributed by atoms with E-state index in [0.29, 0.717) is 17.6 Å². The highest BCUT2D eigenvalue weighted by molar-refractivity contribution is 8.07. The van der Waals surface area contributed by atoms with Gasteiger partial charge in [0.25, 0.3) is 5.56 Å². The van der Waals surface area contributed by atoms with Crippen LogP contribution in [0.5, 0.6) is 0 Å². The largest absolute Gasteiger partial charge is 0.387 e. The normalized spacial score (nSPS) is 35.7. The molecule has 2 saturated heterocycles. The zero-order valence-electron chi connectivity index (χ0n) is 24.0. The molecule has 1 unspecified atom stereocenters. The Morgan fingerprint density at radius 1 is 1.07 bits per heavy atom. The summed E-state index contributed by atoms with van der Waals surface area (Å²) >= 11 is 5.30. The molecule has 3 fully saturated rings. The minimum Gasteiger partial charge on any atom is -0.387 e. The second-order valence-corrected chi connectivity index (χ2v) is 16.3. The molecule has 0 aromatic carbocycles. The minimum absolute atomic E-state index is 0.00811. The quantitative estimate of drug-likeness (QED) is 0.186. The molecule has 244 valence electrons. The molecule has 0 amide bonds. The number of anilines is 1. The van der Waals surface area contributed by atoms with Gasteiger partial charge in [0.1, 0.15) is 35.8 Å². The molecular weight excluding hydrogens is 666 g/mol. The summed E-state index contributed by atoms with van der Waals surface area (Å²) in [5, 5.41) is 11.3. The van der Waals surface area contributed by atoms with Gasteiger partial charge < -0.3 is 43.6 Å². The van der Waals surface area contributed by atoms with Crippen molar-refractivity contribution in [1.82, 2.24) is 43.4 Å². The van der Waals surface area contributed by atoms with Gasteiger partial charge in [0.05, 0.1) is 32.5 Å². The van der Waals surface area contributed by atoms with Crippen molar-refractivity contribution in [2.75, 3.05) is 32.2 Å². The van der Waals surface area contributed by atoms with E-state index in [9.17, 15) is 19.4 Å². The van der Waals surface area contributed by atoms with Gasteiger partial charge in [0.2, 0.25) is 5.78 Å². The van der Waals surface area contributed by atoms with Gasteiger partial charge in [-0.25, -0.2) is 29.3 Å². The Morgan fingerprint density at radius 3 is 2.70 bits per heavy atom. The molecule has 2 aliphatic heterocycles. The highest BCUT2D eigenvalue weighted by Gasteiger charge is 2.51. The number of aliphatic hydroxyl groups is 1. The molecule has 0 radical (unpaired) electrons. The van der Waals surface area contributed by atoms with Crippen LogP contribution in [-0.2, 0) is 39.2 Å². The topological polar surface area (TPSA) is 241 Å². The number of imidazole rings is 3. The summed E-state index contributed by atoms with van der Waals surface area (Å²) in [5.41, 5.74) is 6.85. The van der Waals surface area contributed by atoms with Crippen LogP contribution >= 0.6 is 14.3 Å². The molecule has 9 atom stereocenters. The van der Waals surface area contributed by atoms with Gasteiger partial charge in [-0.05, 0) is 24.1 Å². The predicted molar refractivity (Wildman–Crippen MR) is 162 cm³/mol. The number of rotatable bonds is 2. The van der Waals surface area contributed by atoms with Crippen LogP contribution in [0.3, 0.4) is 0 Å². The molecule has 5 aromatic heterocycles. The fourth-order valence-electron chi connectivity index (χ4n) is 6.32. The molecule has 2 bridgehead atoms. The Hall–Kier alpha value is -3.16. The summed E-state index contributed by atoms with van der Waals surface area (Å²) in [6, 6.07) is -0.183. The minimum atomic E-state index is -3.83. The van der Waals surface area contributed by atoms with Crippen LogP contribution in [0.1, 0.15) is 18.7 Å². The van der Waals surface area contributed by atoms with Crippen LogP contribution in [0.15, 0.2) is 36.2 Å². The smallest absolute Gasteiger partial charge is 0.328 e. The molecular formula is C24H28N10O9P2S. The monoisotopic (exact) mass is 694 g/mol. The van der Waals surface area contributed by atoms with Crippen LogP contribution in [0.25, 0.3) is 28.1 Å². The predicted octanol–water partition coefficient (Wildman–Crippen LogP) is 0.718. The number of hydrogen-bond acceptors (Lipinski definition) is 15. The molecule has 1 aliphatic carbocycles. The standard InChI is InChI=1S/C24H28N10O9P2S/c1-44(37)39-5-11-4-13(33-9-29-15-19(25)27-8-28-20(15)33)12(11)6-40-45(38,46)41-7-14-17(35)18(43-44)23(42-14)34-10-30-16-21(34)31-24-26-2-3-32(24)22(16)36/h2-3,8-14,17-18,23,35H,4-7H2,1H3,(H,26,31)(H,38,46)(H2,25,27,28)/t11-,12-,13-,14-,17-,18-,23-,44-,45?/m1/s1. The van der Waals surface area contributed by atoms with Crippen LogP contribution in [-0.4, -0.2) is 98.2 Å². The van der Waals surface area contributed by atoms with E-state index in [1.807, 2.05) is 4.57 Å². The zero-order chi connectivity index (χ0) is 32.0. The number of H-pyrrole nitrogens is 1. The Bertz CT molecular complexity index is 2140. The lowest BCUT2D eigenvalue weighted by Gasteiger charge is -2.45. The summed E-state index contributed by atoms with van der Waals surface area (Å²) in [7, 11) is -3.83. The molecule has 22 heteroatoms. The van der Waals surface area contributed by atoms with Gasteiger partial charge in [-0.2, -0.15) is 0 Å². The molecule has 0 spiro atoms. The summed E-state index contributed by atoms with van der Waals surface area (Å²) < 4.78 is 47.8. The van der Waals surface area contributed by atoms with E-state index >= 15 is 0 Å². The van der Waals surface area contributed by atoms with Crippen molar-refractivity contribution in [2.24, 2.45) is 11.8 Å². The van der Waals surface area contributed by atoms with Crippen molar-refractivity contribution < 1.29 is 37.4 Å². The number of nitrogen functional groups attached to an aromatic ring is 1. The molecule has 19 nitrogen and oxygen atoms in total. The average molecular weight is 695 g/mol. The number of hydrogen-bond donors (Lipinski definition) is 4. The van der Waals surface area contributed by atoms with Gasteiger partial charge in [-0.1, -0.05) is 0 Å². The number of aromatic nitrogens is 9. The molecule has 5 N–H and O–H groups in total. The molecule has 3 aliphatic rings. The lowest BCUT2D eigenvalue weighted by atomic mass is 9.70. The number of nitrogens with two attached hydrogens (primary N) is 1. The first-order valence-corrected chi connectivity index (χ1v) is 18.8. The molecule has 5 aromatic rings. The van der Waals surface area contributed by atoms with E-state index in [1.54, 1.807) is 6.33 Å². The van der Waals surface area contributed by atoms with Crippen molar-refractivity contribution in [3.8, 4) is 0 Å². The number of ether oxygens (including phenoxy) is 1.